The van der Waals surface area contributed by atoms with Crippen molar-refractivity contribution in [1.29, 1.82) is 0 Å². The lowest BCUT2D eigenvalue weighted by molar-refractivity contribution is 0.494. The van der Waals surface area contributed by atoms with E-state index in [1.807, 2.05) is 0 Å². The highest BCUT2D eigenvalue weighted by Crippen LogP contribution is 2.39. The molecule has 20 heavy (non-hydrogen) atoms. The summed E-state index contributed by atoms with van der Waals surface area (Å²) in [6.07, 6.45) is 4.37. The highest BCUT2D eigenvalue weighted by atomic mass is 15.2. The van der Waals surface area contributed by atoms with Gasteiger partial charge in [0.05, 0.1) is 0 Å². The van der Waals surface area contributed by atoms with Crippen LogP contribution in [-0.4, -0.2) is 19.1 Å². The number of anilines is 1. The van der Waals surface area contributed by atoms with Crippen molar-refractivity contribution in [1.82, 2.24) is 5.32 Å². The Balaban J connectivity index is 1.68. The summed E-state index contributed by atoms with van der Waals surface area (Å²) in [6, 6.07) is 7.57. The Morgan fingerprint density at radius 1 is 1.20 bits per heavy atom. The van der Waals surface area contributed by atoms with Crippen LogP contribution in [0.2, 0.25) is 0 Å². The largest absolute Gasteiger partial charge is 0.371 e. The average Bonchev–Trinajstić information content (AvgIpc) is 2.97. The monoisotopic (exact) mass is 272 g/mol. The molecule has 1 heterocycles. The summed E-state index contributed by atoms with van der Waals surface area (Å²) in [4.78, 5) is 2.61. The Morgan fingerprint density at radius 2 is 1.90 bits per heavy atom. The Labute approximate surface area is 123 Å². The van der Waals surface area contributed by atoms with E-state index in [4.69, 9.17) is 0 Å². The molecule has 110 valence electrons. The molecule has 3 rings (SSSR count). The first-order valence-electron chi connectivity index (χ1n) is 8.21. The van der Waals surface area contributed by atoms with E-state index in [9.17, 15) is 0 Å². The molecule has 2 fully saturated rings. The third-order valence-corrected chi connectivity index (χ3v) is 5.12. The second kappa shape index (κ2) is 5.77. The molecule has 2 nitrogen and oxygen atoms in total. The van der Waals surface area contributed by atoms with Crippen molar-refractivity contribution in [2.45, 2.75) is 52.6 Å². The number of nitrogens with zero attached hydrogens (tertiary/aromatic N) is 1. The van der Waals surface area contributed by atoms with Crippen LogP contribution in [0.3, 0.4) is 0 Å². The van der Waals surface area contributed by atoms with Crippen LogP contribution in [0.5, 0.6) is 0 Å². The van der Waals surface area contributed by atoms with Crippen molar-refractivity contribution in [3.05, 3.63) is 29.3 Å². The van der Waals surface area contributed by atoms with E-state index >= 15 is 0 Å². The summed E-state index contributed by atoms with van der Waals surface area (Å²) in [6.45, 7) is 10.2. The number of fused-ring (bicyclic) bond motifs is 1. The molecule has 1 aromatic rings. The van der Waals surface area contributed by atoms with Gasteiger partial charge in [0.15, 0.2) is 0 Å². The standard InChI is InChI=1S/C18H28N2/c1-13(2)19-10-15-7-8-18(9-14(15)3)20-11-16-5-4-6-17(16)12-20/h7-9,13,16-17,19H,4-6,10-12H2,1-3H3. The van der Waals surface area contributed by atoms with Crippen LogP contribution in [0.25, 0.3) is 0 Å². The molecule has 1 saturated carbocycles. The first-order valence-corrected chi connectivity index (χ1v) is 8.21. The lowest BCUT2D eigenvalue weighted by Crippen LogP contribution is -2.23. The fraction of sp³-hybridized carbons (Fsp3) is 0.667. The van der Waals surface area contributed by atoms with Crippen LogP contribution >= 0.6 is 0 Å². The summed E-state index contributed by atoms with van der Waals surface area (Å²) < 4.78 is 0. The highest BCUT2D eigenvalue weighted by molar-refractivity contribution is 5.52. The number of rotatable bonds is 4. The number of hydrogen-bond acceptors (Lipinski definition) is 2. The molecule has 1 aromatic carbocycles. The first kappa shape index (κ1) is 13.9. The van der Waals surface area contributed by atoms with Crippen LogP contribution in [-0.2, 0) is 6.54 Å². The summed E-state index contributed by atoms with van der Waals surface area (Å²) >= 11 is 0. The minimum atomic E-state index is 0.548. The van der Waals surface area contributed by atoms with Crippen molar-refractivity contribution in [2.75, 3.05) is 18.0 Å². The van der Waals surface area contributed by atoms with E-state index in [1.165, 1.54) is 49.2 Å². The van der Waals surface area contributed by atoms with Crippen molar-refractivity contribution in [3.8, 4) is 0 Å². The van der Waals surface area contributed by atoms with Crippen molar-refractivity contribution < 1.29 is 0 Å². The minimum Gasteiger partial charge on any atom is -0.371 e. The molecule has 1 N–H and O–H groups in total. The molecule has 0 amide bonds. The molecule has 2 unspecified atom stereocenters. The zero-order chi connectivity index (χ0) is 14.1. The zero-order valence-corrected chi connectivity index (χ0v) is 13.2. The number of nitrogens with one attached hydrogen (secondary N) is 1. The Morgan fingerprint density at radius 3 is 2.50 bits per heavy atom. The molecule has 2 heteroatoms. The van der Waals surface area contributed by atoms with Gasteiger partial charge in [0, 0.05) is 31.4 Å². The van der Waals surface area contributed by atoms with Crippen LogP contribution in [0, 0.1) is 18.8 Å². The predicted octanol–water partition coefficient (Wildman–Crippen LogP) is 3.73. The number of aryl methyl sites for hydroxylation is 1. The molecule has 0 radical (unpaired) electrons. The summed E-state index contributed by atoms with van der Waals surface area (Å²) in [5.41, 5.74) is 4.29. The van der Waals surface area contributed by atoms with Crippen molar-refractivity contribution >= 4 is 5.69 Å². The third-order valence-electron chi connectivity index (χ3n) is 5.12. The van der Waals surface area contributed by atoms with Crippen LogP contribution in [0.15, 0.2) is 18.2 Å². The normalized spacial score (nSPS) is 25.5. The van der Waals surface area contributed by atoms with E-state index in [-0.39, 0.29) is 0 Å². The maximum atomic E-state index is 3.51. The van der Waals surface area contributed by atoms with E-state index in [0.717, 1.165) is 18.4 Å². The van der Waals surface area contributed by atoms with E-state index in [0.29, 0.717) is 6.04 Å². The van der Waals surface area contributed by atoms with Gasteiger partial charge in [0.25, 0.3) is 0 Å². The van der Waals surface area contributed by atoms with Gasteiger partial charge >= 0.3 is 0 Å². The van der Waals surface area contributed by atoms with Gasteiger partial charge in [-0.1, -0.05) is 26.3 Å². The smallest absolute Gasteiger partial charge is 0.0369 e. The molecule has 1 aliphatic heterocycles. The van der Waals surface area contributed by atoms with Gasteiger partial charge in [0.1, 0.15) is 0 Å². The van der Waals surface area contributed by atoms with Crippen LogP contribution in [0.4, 0.5) is 5.69 Å². The summed E-state index contributed by atoms with van der Waals surface area (Å²) in [5, 5.41) is 3.51. The molecule has 2 atom stereocenters. The molecule has 0 aromatic heterocycles. The quantitative estimate of drug-likeness (QED) is 0.898. The SMILES string of the molecule is Cc1cc(N2CC3CCCC3C2)ccc1CNC(C)C. The van der Waals surface area contributed by atoms with Gasteiger partial charge in [-0.2, -0.15) is 0 Å². The Kier molecular flexibility index (Phi) is 4.02. The summed E-state index contributed by atoms with van der Waals surface area (Å²) in [7, 11) is 0. The van der Waals surface area contributed by atoms with E-state index in [2.05, 4.69) is 49.2 Å². The zero-order valence-electron chi connectivity index (χ0n) is 13.2. The molecule has 1 aliphatic carbocycles. The van der Waals surface area contributed by atoms with Crippen molar-refractivity contribution in [3.63, 3.8) is 0 Å². The van der Waals surface area contributed by atoms with E-state index < -0.39 is 0 Å². The lowest BCUT2D eigenvalue weighted by atomic mass is 10.0. The highest BCUT2D eigenvalue weighted by Gasteiger charge is 2.36. The predicted molar refractivity (Wildman–Crippen MR) is 86.2 cm³/mol. The second-order valence-corrected chi connectivity index (χ2v) is 7.00. The first-order chi connectivity index (χ1) is 9.63. The molecule has 0 bridgehead atoms. The maximum absolute atomic E-state index is 3.51. The minimum absolute atomic E-state index is 0.548. The Bertz CT molecular complexity index is 454. The van der Waals surface area contributed by atoms with Crippen LogP contribution in [0.1, 0.15) is 44.2 Å². The van der Waals surface area contributed by atoms with Gasteiger partial charge in [-0.25, -0.2) is 0 Å². The average molecular weight is 272 g/mol. The van der Waals surface area contributed by atoms with Gasteiger partial charge in [-0.15, -0.1) is 0 Å². The molecule has 1 saturated heterocycles. The molecular weight excluding hydrogens is 244 g/mol. The molecule has 0 spiro atoms. The van der Waals surface area contributed by atoms with Gasteiger partial charge in [0.2, 0.25) is 0 Å². The fourth-order valence-electron chi connectivity index (χ4n) is 3.84. The maximum Gasteiger partial charge on any atom is 0.0369 e. The molecular formula is C18H28N2. The topological polar surface area (TPSA) is 15.3 Å². The third kappa shape index (κ3) is 2.85. The van der Waals surface area contributed by atoms with Gasteiger partial charge in [-0.3, -0.25) is 0 Å². The second-order valence-electron chi connectivity index (χ2n) is 7.00. The lowest BCUT2D eigenvalue weighted by Gasteiger charge is -2.21. The molecule has 2 aliphatic rings. The Hall–Kier alpha value is -1.02. The summed E-state index contributed by atoms with van der Waals surface area (Å²) in [5.74, 6) is 1.94. The van der Waals surface area contributed by atoms with Gasteiger partial charge < -0.3 is 10.2 Å². The number of hydrogen-bond donors (Lipinski definition) is 1. The van der Waals surface area contributed by atoms with Gasteiger partial charge in [-0.05, 0) is 54.9 Å². The van der Waals surface area contributed by atoms with Crippen molar-refractivity contribution in [2.24, 2.45) is 11.8 Å². The number of benzene rings is 1. The van der Waals surface area contributed by atoms with E-state index in [1.54, 1.807) is 0 Å². The fourth-order valence-corrected chi connectivity index (χ4v) is 3.84. The van der Waals surface area contributed by atoms with Crippen LogP contribution < -0.4 is 10.2 Å².